The van der Waals surface area contributed by atoms with Crippen LogP contribution in [0.4, 0.5) is 8.78 Å². The topological polar surface area (TPSA) is 20.2 Å². The van der Waals surface area contributed by atoms with E-state index in [-0.39, 0.29) is 18.9 Å². The largest absolute Gasteiger partial charge is 0.513 e. The molecule has 0 aliphatic heterocycles. The lowest BCUT2D eigenvalue weighted by Crippen LogP contribution is -1.75. The van der Waals surface area contributed by atoms with Crippen molar-refractivity contribution in [2.45, 2.75) is 54.4 Å². The first-order chi connectivity index (χ1) is 8.37. The van der Waals surface area contributed by atoms with Crippen LogP contribution < -0.4 is 0 Å². The molecular formula is C15H30F2O. The van der Waals surface area contributed by atoms with Gasteiger partial charge in [-0.2, -0.15) is 0 Å². The van der Waals surface area contributed by atoms with Crippen molar-refractivity contribution in [2.75, 3.05) is 6.67 Å². The summed E-state index contributed by atoms with van der Waals surface area (Å²) in [5, 5.41) is 8.23. The van der Waals surface area contributed by atoms with Crippen LogP contribution in [0.1, 0.15) is 54.4 Å². The number of alkyl halides is 1. The van der Waals surface area contributed by atoms with Crippen LogP contribution in [0, 0.1) is 12.3 Å². The summed E-state index contributed by atoms with van der Waals surface area (Å²) in [4.78, 5) is 0. The molecule has 3 heteroatoms. The molecule has 1 nitrogen and oxygen atoms in total. The predicted octanol–water partition coefficient (Wildman–Crippen LogP) is 5.99. The molecule has 1 N–H and O–H groups in total. The van der Waals surface area contributed by atoms with Crippen LogP contribution >= 0.6 is 0 Å². The Morgan fingerprint density at radius 1 is 1.22 bits per heavy atom. The monoisotopic (exact) mass is 264 g/mol. The Kier molecular flexibility index (Phi) is 74.9. The van der Waals surface area contributed by atoms with Crippen molar-refractivity contribution in [3.8, 4) is 12.3 Å². The smallest absolute Gasteiger partial charge is 0.100 e. The van der Waals surface area contributed by atoms with Crippen molar-refractivity contribution in [2.24, 2.45) is 0 Å². The third-order valence-electron chi connectivity index (χ3n) is 0.396. The summed E-state index contributed by atoms with van der Waals surface area (Å²) in [5.74, 6) is 1.50. The number of hydrogen-bond acceptors (Lipinski definition) is 1. The number of hydrogen-bond donors (Lipinski definition) is 1. The number of allylic oxidation sites excluding steroid dienone is 1. The molecule has 0 rings (SSSR count). The van der Waals surface area contributed by atoms with Gasteiger partial charge in [0.25, 0.3) is 0 Å². The predicted molar refractivity (Wildman–Crippen MR) is 80.1 cm³/mol. The molecular weight excluding hydrogens is 234 g/mol. The molecule has 0 aliphatic rings. The molecule has 0 amide bonds. The molecule has 0 atom stereocenters. The highest BCUT2D eigenvalue weighted by atomic mass is 19.1. The van der Waals surface area contributed by atoms with Gasteiger partial charge in [0.1, 0.15) is 5.83 Å². The Balaban J connectivity index is -0.0000000437. The molecule has 0 saturated heterocycles. The second-order valence-electron chi connectivity index (χ2n) is 2.52. The van der Waals surface area contributed by atoms with Crippen molar-refractivity contribution in [1.82, 2.24) is 0 Å². The van der Waals surface area contributed by atoms with Gasteiger partial charge in [-0.3, -0.25) is 4.39 Å². The quantitative estimate of drug-likeness (QED) is 0.480. The van der Waals surface area contributed by atoms with Gasteiger partial charge in [0, 0.05) is 0 Å². The van der Waals surface area contributed by atoms with Crippen molar-refractivity contribution < 1.29 is 13.9 Å². The van der Waals surface area contributed by atoms with E-state index in [1.807, 2.05) is 13.8 Å². The first-order valence-corrected chi connectivity index (χ1v) is 6.00. The number of aliphatic hydroxyl groups is 1. The Bertz CT molecular complexity index is 167. The van der Waals surface area contributed by atoms with Gasteiger partial charge in [0.05, 0.1) is 18.9 Å². The molecule has 18 heavy (non-hydrogen) atoms. The maximum Gasteiger partial charge on any atom is 0.100 e. The highest BCUT2D eigenvalue weighted by molar-refractivity contribution is 4.94. The number of halogens is 2. The van der Waals surface area contributed by atoms with Gasteiger partial charge in [-0.05, 0) is 13.8 Å². The summed E-state index contributed by atoms with van der Waals surface area (Å²) >= 11 is 0. The zero-order valence-electron chi connectivity index (χ0n) is 12.8. The molecule has 0 heterocycles. The summed E-state index contributed by atoms with van der Waals surface area (Å²) in [6.07, 6.45) is 5.71. The Hall–Kier alpha value is -1.30. The number of rotatable bonds is 2. The number of aliphatic hydroxyl groups excluding tert-OH is 1. The van der Waals surface area contributed by atoms with Gasteiger partial charge in [0.15, 0.2) is 0 Å². The number of terminal acetylenes is 1. The van der Waals surface area contributed by atoms with Gasteiger partial charge in [0.2, 0.25) is 0 Å². The van der Waals surface area contributed by atoms with Crippen LogP contribution in [0.3, 0.4) is 0 Å². The second kappa shape index (κ2) is 44.8. The lowest BCUT2D eigenvalue weighted by atomic mass is 10.4. The van der Waals surface area contributed by atoms with Gasteiger partial charge in [-0.25, -0.2) is 4.39 Å². The zero-order chi connectivity index (χ0) is 16.0. The van der Waals surface area contributed by atoms with E-state index in [0.29, 0.717) is 0 Å². The second-order valence-corrected chi connectivity index (χ2v) is 2.52. The zero-order valence-corrected chi connectivity index (χ0v) is 12.8. The van der Waals surface area contributed by atoms with E-state index >= 15 is 0 Å². The van der Waals surface area contributed by atoms with Crippen molar-refractivity contribution in [3.63, 3.8) is 0 Å². The maximum absolute atomic E-state index is 11.5. The third kappa shape index (κ3) is 378. The lowest BCUT2D eigenvalue weighted by Gasteiger charge is -1.88. The summed E-state index contributed by atoms with van der Waals surface area (Å²) in [7, 11) is 0. The molecule has 0 spiro atoms. The third-order valence-corrected chi connectivity index (χ3v) is 0.396. The van der Waals surface area contributed by atoms with Crippen LogP contribution in [0.5, 0.6) is 0 Å². The molecule has 0 aromatic rings. The summed E-state index contributed by atoms with van der Waals surface area (Å²) in [5.41, 5.74) is 0. The minimum Gasteiger partial charge on any atom is -0.513 e. The van der Waals surface area contributed by atoms with Gasteiger partial charge >= 0.3 is 0 Å². The Morgan fingerprint density at radius 2 is 1.39 bits per heavy atom. The van der Waals surface area contributed by atoms with Crippen molar-refractivity contribution >= 4 is 0 Å². The summed E-state index contributed by atoms with van der Waals surface area (Å²) in [6.45, 7) is 17.1. The van der Waals surface area contributed by atoms with E-state index in [2.05, 4.69) is 39.3 Å². The van der Waals surface area contributed by atoms with Crippen molar-refractivity contribution in [3.05, 3.63) is 24.7 Å². The van der Waals surface area contributed by atoms with Crippen LogP contribution in [-0.4, -0.2) is 11.8 Å². The Labute approximate surface area is 113 Å². The molecule has 0 aromatic heterocycles. The molecule has 0 fully saturated rings. The Morgan fingerprint density at radius 3 is 1.39 bits per heavy atom. The first-order valence-electron chi connectivity index (χ1n) is 6.00. The highest BCUT2D eigenvalue weighted by Gasteiger charge is 1.89. The molecule has 0 radical (unpaired) electrons. The van der Waals surface area contributed by atoms with Crippen LogP contribution in [0.2, 0.25) is 0 Å². The molecule has 0 aromatic carbocycles. The van der Waals surface area contributed by atoms with Crippen molar-refractivity contribution in [1.29, 1.82) is 0 Å². The molecule has 0 saturated carbocycles. The van der Waals surface area contributed by atoms with Crippen LogP contribution in [-0.2, 0) is 0 Å². The fourth-order valence-corrected chi connectivity index (χ4v) is 0.221. The molecule has 0 bridgehead atoms. The van der Waals surface area contributed by atoms with Crippen LogP contribution in [0.15, 0.2) is 24.7 Å². The lowest BCUT2D eigenvalue weighted by molar-refractivity contribution is 0.388. The minimum absolute atomic E-state index is 0.139. The fraction of sp³-hybridized carbons (Fsp3) is 0.600. The molecule has 0 unspecified atom stereocenters. The molecule has 0 aliphatic carbocycles. The normalized spacial score (nSPS) is 5.94. The van der Waals surface area contributed by atoms with Gasteiger partial charge in [-0.1, -0.05) is 47.3 Å². The summed E-state index contributed by atoms with van der Waals surface area (Å²) < 4.78 is 21.8. The van der Waals surface area contributed by atoms with E-state index in [0.717, 1.165) is 0 Å². The van der Waals surface area contributed by atoms with E-state index in [1.165, 1.54) is 13.3 Å². The first kappa shape index (κ1) is 30.1. The van der Waals surface area contributed by atoms with E-state index in [9.17, 15) is 8.78 Å². The van der Waals surface area contributed by atoms with Crippen LogP contribution in [0.25, 0.3) is 0 Å². The minimum atomic E-state index is -0.562. The van der Waals surface area contributed by atoms with E-state index in [1.54, 1.807) is 6.92 Å². The van der Waals surface area contributed by atoms with Gasteiger partial charge < -0.3 is 5.11 Å². The van der Waals surface area contributed by atoms with E-state index in [4.69, 9.17) is 5.11 Å². The molecule has 110 valence electrons. The average molecular weight is 264 g/mol. The highest BCUT2D eigenvalue weighted by Crippen LogP contribution is 2.03. The summed E-state index contributed by atoms with van der Waals surface area (Å²) in [6, 6.07) is 0. The maximum atomic E-state index is 11.5. The van der Waals surface area contributed by atoms with E-state index < -0.39 is 5.83 Å². The SMILES string of the molecule is C#CC.C=C(O)CC(=C)F.CC.CCC.CCF. The van der Waals surface area contributed by atoms with Gasteiger partial charge in [-0.15, -0.1) is 12.3 Å². The average Bonchev–Trinajstić information content (AvgIpc) is 2.22. The fourth-order valence-electron chi connectivity index (χ4n) is 0.221. The standard InChI is InChI=1S/C5H7FO.C3H8.C3H4.C2H5F.C2H6/c1-4(6)3-5(2)7;2*1-3-2;1-2-3;1-2/h7H,1-3H2;3H2,1-2H3;1H,2H3;2H2,1H3;1-2H3.